The van der Waals surface area contributed by atoms with Crippen LogP contribution in [-0.4, -0.2) is 33.4 Å². The number of carbonyl (C=O) groups excluding carboxylic acids is 1. The highest BCUT2D eigenvalue weighted by Gasteiger charge is 2.21. The molecule has 21 heavy (non-hydrogen) atoms. The average molecular weight is 305 g/mol. The average Bonchev–Trinajstić information content (AvgIpc) is 2.84. The van der Waals surface area contributed by atoms with Crippen LogP contribution in [0.4, 0.5) is 0 Å². The Hall–Kier alpha value is -1.69. The summed E-state index contributed by atoms with van der Waals surface area (Å²) in [7, 11) is 0. The smallest absolute Gasteiger partial charge is 0.262 e. The van der Waals surface area contributed by atoms with Crippen LogP contribution in [0.2, 0.25) is 0 Å². The molecule has 0 bridgehead atoms. The maximum Gasteiger partial charge on any atom is 0.262 e. The van der Waals surface area contributed by atoms with E-state index in [1.165, 1.54) is 22.2 Å². The van der Waals surface area contributed by atoms with Gasteiger partial charge in [0.05, 0.1) is 11.7 Å². The Bertz CT molecular complexity index is 726. The SMILES string of the molecule is Cc1cc2c(=O)n(CC(=O)N3CCC(C)CC3)cnc2s1. The Kier molecular flexibility index (Phi) is 3.80. The van der Waals surface area contributed by atoms with E-state index in [2.05, 4.69) is 11.9 Å². The van der Waals surface area contributed by atoms with Crippen LogP contribution in [0.1, 0.15) is 24.6 Å². The van der Waals surface area contributed by atoms with Crippen LogP contribution in [-0.2, 0) is 11.3 Å². The zero-order chi connectivity index (χ0) is 15.0. The summed E-state index contributed by atoms with van der Waals surface area (Å²) in [5.74, 6) is 0.695. The number of thiophene rings is 1. The van der Waals surface area contributed by atoms with Crippen LogP contribution < -0.4 is 5.56 Å². The second kappa shape index (κ2) is 5.60. The van der Waals surface area contributed by atoms with Crippen LogP contribution >= 0.6 is 11.3 Å². The minimum Gasteiger partial charge on any atom is -0.341 e. The molecule has 0 N–H and O–H groups in total. The van der Waals surface area contributed by atoms with Gasteiger partial charge >= 0.3 is 0 Å². The Morgan fingerprint density at radius 3 is 2.86 bits per heavy atom. The third kappa shape index (κ3) is 2.85. The summed E-state index contributed by atoms with van der Waals surface area (Å²) in [6.07, 6.45) is 3.58. The lowest BCUT2D eigenvalue weighted by Crippen LogP contribution is -2.41. The molecular weight excluding hydrogens is 286 g/mol. The summed E-state index contributed by atoms with van der Waals surface area (Å²) in [6, 6.07) is 1.85. The molecule has 2 aromatic heterocycles. The first-order valence-corrected chi connectivity index (χ1v) is 8.09. The molecular formula is C15H19N3O2S. The summed E-state index contributed by atoms with van der Waals surface area (Å²) in [5, 5.41) is 0.611. The predicted octanol–water partition coefficient (Wildman–Crippen LogP) is 2.02. The van der Waals surface area contributed by atoms with E-state index in [1.54, 1.807) is 0 Å². The van der Waals surface area contributed by atoms with Crippen molar-refractivity contribution >= 4 is 27.5 Å². The van der Waals surface area contributed by atoms with Gasteiger partial charge in [0.15, 0.2) is 0 Å². The van der Waals surface area contributed by atoms with Crippen molar-refractivity contribution < 1.29 is 4.79 Å². The van der Waals surface area contributed by atoms with E-state index in [0.717, 1.165) is 35.6 Å². The van der Waals surface area contributed by atoms with Crippen molar-refractivity contribution in [1.29, 1.82) is 0 Å². The number of carbonyl (C=O) groups is 1. The standard InChI is InChI=1S/C15H19N3O2S/c1-10-3-5-17(6-4-10)13(19)8-18-9-16-14-12(15(18)20)7-11(2)21-14/h7,9-10H,3-6,8H2,1-2H3. The molecule has 0 aromatic carbocycles. The molecule has 1 aliphatic heterocycles. The third-order valence-corrected chi connectivity index (χ3v) is 5.04. The topological polar surface area (TPSA) is 55.2 Å². The lowest BCUT2D eigenvalue weighted by molar-refractivity contribution is -0.133. The maximum absolute atomic E-state index is 12.4. The molecule has 1 fully saturated rings. The van der Waals surface area contributed by atoms with Crippen LogP contribution in [0.15, 0.2) is 17.2 Å². The van der Waals surface area contributed by atoms with Crippen molar-refractivity contribution in [2.24, 2.45) is 5.92 Å². The highest BCUT2D eigenvalue weighted by Crippen LogP contribution is 2.19. The van der Waals surface area contributed by atoms with Crippen LogP contribution in [0.5, 0.6) is 0 Å². The van der Waals surface area contributed by atoms with E-state index in [-0.39, 0.29) is 18.0 Å². The van der Waals surface area contributed by atoms with Crippen molar-refractivity contribution in [2.75, 3.05) is 13.1 Å². The van der Waals surface area contributed by atoms with E-state index in [1.807, 2.05) is 17.9 Å². The van der Waals surface area contributed by atoms with Crippen LogP contribution in [0.3, 0.4) is 0 Å². The molecule has 0 radical (unpaired) electrons. The van der Waals surface area contributed by atoms with Crippen LogP contribution in [0.25, 0.3) is 10.2 Å². The maximum atomic E-state index is 12.4. The van der Waals surface area contributed by atoms with E-state index in [0.29, 0.717) is 11.3 Å². The molecule has 0 atom stereocenters. The summed E-state index contributed by atoms with van der Waals surface area (Å²) in [4.78, 5) is 32.6. The number of likely N-dealkylation sites (tertiary alicyclic amines) is 1. The quantitative estimate of drug-likeness (QED) is 0.853. The molecule has 6 heteroatoms. The molecule has 0 saturated carbocycles. The largest absolute Gasteiger partial charge is 0.341 e. The number of aryl methyl sites for hydroxylation is 1. The van der Waals surface area contributed by atoms with Crippen molar-refractivity contribution in [3.8, 4) is 0 Å². The second-order valence-corrected chi connectivity index (χ2v) is 7.05. The minimum absolute atomic E-state index is 0.0112. The summed E-state index contributed by atoms with van der Waals surface area (Å²) >= 11 is 1.50. The first kappa shape index (κ1) is 14.3. The number of nitrogens with zero attached hydrogens (tertiary/aromatic N) is 3. The van der Waals surface area contributed by atoms with Gasteiger partial charge in [-0.1, -0.05) is 6.92 Å². The van der Waals surface area contributed by atoms with E-state index in [4.69, 9.17) is 0 Å². The van der Waals surface area contributed by atoms with Crippen molar-refractivity contribution in [2.45, 2.75) is 33.2 Å². The Morgan fingerprint density at radius 1 is 1.43 bits per heavy atom. The number of piperidine rings is 1. The van der Waals surface area contributed by atoms with E-state index < -0.39 is 0 Å². The fourth-order valence-corrected chi connectivity index (χ4v) is 3.53. The fraction of sp³-hybridized carbons (Fsp3) is 0.533. The van der Waals surface area contributed by atoms with Gasteiger partial charge in [-0.2, -0.15) is 0 Å². The van der Waals surface area contributed by atoms with Gasteiger partial charge in [-0.3, -0.25) is 14.2 Å². The summed E-state index contributed by atoms with van der Waals surface area (Å²) in [5.41, 5.74) is -0.122. The molecule has 5 nitrogen and oxygen atoms in total. The van der Waals surface area contributed by atoms with Gasteiger partial charge in [-0.05, 0) is 31.7 Å². The van der Waals surface area contributed by atoms with Gasteiger partial charge in [-0.25, -0.2) is 4.98 Å². The molecule has 0 spiro atoms. The molecule has 1 amide bonds. The van der Waals surface area contributed by atoms with E-state index in [9.17, 15) is 9.59 Å². The van der Waals surface area contributed by atoms with E-state index >= 15 is 0 Å². The molecule has 3 rings (SSSR count). The molecule has 3 heterocycles. The fourth-order valence-electron chi connectivity index (χ4n) is 2.70. The highest BCUT2D eigenvalue weighted by molar-refractivity contribution is 7.18. The zero-order valence-electron chi connectivity index (χ0n) is 12.3. The van der Waals surface area contributed by atoms with Gasteiger partial charge < -0.3 is 4.90 Å². The third-order valence-electron chi connectivity index (χ3n) is 4.08. The number of rotatable bonds is 2. The van der Waals surface area contributed by atoms with Crippen LogP contribution in [0, 0.1) is 12.8 Å². The Morgan fingerprint density at radius 2 is 2.14 bits per heavy atom. The number of hydrogen-bond donors (Lipinski definition) is 0. The monoisotopic (exact) mass is 305 g/mol. The number of amides is 1. The van der Waals surface area contributed by atoms with Crippen molar-refractivity contribution in [3.05, 3.63) is 27.6 Å². The Labute approximate surface area is 127 Å². The molecule has 2 aromatic rings. The molecule has 1 saturated heterocycles. The normalized spacial score (nSPS) is 16.6. The number of hydrogen-bond acceptors (Lipinski definition) is 4. The van der Waals surface area contributed by atoms with Gasteiger partial charge in [0.1, 0.15) is 11.4 Å². The minimum atomic E-state index is -0.122. The molecule has 112 valence electrons. The summed E-state index contributed by atoms with van der Waals surface area (Å²) in [6.45, 7) is 5.84. The van der Waals surface area contributed by atoms with Crippen molar-refractivity contribution in [1.82, 2.24) is 14.5 Å². The highest BCUT2D eigenvalue weighted by atomic mass is 32.1. The lowest BCUT2D eigenvalue weighted by Gasteiger charge is -2.30. The van der Waals surface area contributed by atoms with Gasteiger partial charge in [0.25, 0.3) is 5.56 Å². The second-order valence-electron chi connectivity index (χ2n) is 5.82. The van der Waals surface area contributed by atoms with Gasteiger partial charge in [0, 0.05) is 18.0 Å². The first-order valence-electron chi connectivity index (χ1n) is 7.28. The zero-order valence-corrected chi connectivity index (χ0v) is 13.2. The molecule has 1 aliphatic rings. The van der Waals surface area contributed by atoms with Gasteiger partial charge in [0.2, 0.25) is 5.91 Å². The van der Waals surface area contributed by atoms with Crippen molar-refractivity contribution in [3.63, 3.8) is 0 Å². The first-order chi connectivity index (χ1) is 10.0. The number of fused-ring (bicyclic) bond motifs is 1. The summed E-state index contributed by atoms with van der Waals surface area (Å²) < 4.78 is 1.43. The Balaban J connectivity index is 1.80. The molecule has 0 aliphatic carbocycles. The number of aromatic nitrogens is 2. The lowest BCUT2D eigenvalue weighted by atomic mass is 9.99. The van der Waals surface area contributed by atoms with Gasteiger partial charge in [-0.15, -0.1) is 11.3 Å². The molecule has 0 unspecified atom stereocenters. The predicted molar refractivity (Wildman–Crippen MR) is 83.6 cm³/mol.